The summed E-state index contributed by atoms with van der Waals surface area (Å²) in [4.78, 5) is 29.7. The first-order valence-corrected chi connectivity index (χ1v) is 9.20. The molecule has 0 radical (unpaired) electrons. The Balaban J connectivity index is 1.83. The van der Waals surface area contributed by atoms with Gasteiger partial charge in [-0.1, -0.05) is 18.2 Å². The van der Waals surface area contributed by atoms with Gasteiger partial charge in [0.15, 0.2) is 5.82 Å². The van der Waals surface area contributed by atoms with Crippen LogP contribution in [-0.2, 0) is 19.5 Å². The molecule has 27 heavy (non-hydrogen) atoms. The molecule has 3 rings (SSSR count). The Bertz CT molecular complexity index is 867. The van der Waals surface area contributed by atoms with Gasteiger partial charge in [0.25, 0.3) is 11.8 Å². The molecule has 144 valence electrons. The Morgan fingerprint density at radius 1 is 1.19 bits per heavy atom. The van der Waals surface area contributed by atoms with Crippen LogP contribution in [0.1, 0.15) is 66.0 Å². The maximum absolute atomic E-state index is 13.8. The van der Waals surface area contributed by atoms with Crippen LogP contribution in [0, 0.1) is 5.82 Å². The summed E-state index contributed by atoms with van der Waals surface area (Å²) < 4.78 is 15.6. The van der Waals surface area contributed by atoms with Gasteiger partial charge in [0, 0.05) is 24.2 Å². The van der Waals surface area contributed by atoms with Crippen LogP contribution in [-0.4, -0.2) is 26.9 Å². The van der Waals surface area contributed by atoms with Gasteiger partial charge in [-0.2, -0.15) is 0 Å². The molecule has 0 aliphatic carbocycles. The highest BCUT2D eigenvalue weighted by Crippen LogP contribution is 2.22. The first-order chi connectivity index (χ1) is 12.8. The predicted octanol–water partition coefficient (Wildman–Crippen LogP) is 2.82. The standard InChI is InChI=1S/C20H25FN4O2/c1-20(2,3)24-19(27)17-23-16(15-10-6-7-11-25(15)17)18(26)22-12-13-8-4-5-9-14(13)21/h4-5,8-9H,6-7,10-12H2,1-3H3,(H,22,26)(H,24,27). The lowest BCUT2D eigenvalue weighted by molar-refractivity contribution is 0.0903. The highest BCUT2D eigenvalue weighted by molar-refractivity contribution is 5.97. The monoisotopic (exact) mass is 372 g/mol. The molecule has 2 aromatic rings. The highest BCUT2D eigenvalue weighted by atomic mass is 19.1. The van der Waals surface area contributed by atoms with E-state index in [4.69, 9.17) is 0 Å². The minimum Gasteiger partial charge on any atom is -0.346 e. The number of imidazole rings is 1. The Hall–Kier alpha value is -2.70. The molecule has 2 heterocycles. The molecule has 0 unspecified atom stereocenters. The van der Waals surface area contributed by atoms with Gasteiger partial charge < -0.3 is 15.2 Å². The summed E-state index contributed by atoms with van der Waals surface area (Å²) in [5, 5.41) is 5.62. The van der Waals surface area contributed by atoms with Crippen molar-refractivity contribution in [1.29, 1.82) is 0 Å². The van der Waals surface area contributed by atoms with Gasteiger partial charge in [0.05, 0.1) is 5.69 Å². The molecule has 6 nitrogen and oxygen atoms in total. The van der Waals surface area contributed by atoms with Crippen molar-refractivity contribution in [1.82, 2.24) is 20.2 Å². The zero-order chi connectivity index (χ0) is 19.6. The third-order valence-corrected chi connectivity index (χ3v) is 4.42. The van der Waals surface area contributed by atoms with Crippen molar-refractivity contribution in [2.45, 2.75) is 58.7 Å². The van der Waals surface area contributed by atoms with Crippen molar-refractivity contribution in [3.05, 3.63) is 52.9 Å². The minimum absolute atomic E-state index is 0.0708. The number of nitrogens with one attached hydrogen (secondary N) is 2. The van der Waals surface area contributed by atoms with Crippen LogP contribution >= 0.6 is 0 Å². The summed E-state index contributed by atoms with van der Waals surface area (Å²) in [6.07, 6.45) is 2.58. The lowest BCUT2D eigenvalue weighted by Gasteiger charge is -2.22. The number of fused-ring (bicyclic) bond motifs is 1. The Morgan fingerprint density at radius 2 is 1.93 bits per heavy atom. The number of hydrogen-bond donors (Lipinski definition) is 2. The fraction of sp³-hybridized carbons (Fsp3) is 0.450. The molecule has 0 saturated heterocycles. The quantitative estimate of drug-likeness (QED) is 0.867. The second kappa shape index (κ2) is 7.50. The van der Waals surface area contributed by atoms with E-state index in [1.54, 1.807) is 18.2 Å². The molecule has 0 spiro atoms. The van der Waals surface area contributed by atoms with Gasteiger partial charge in [0.1, 0.15) is 11.5 Å². The molecule has 0 bridgehead atoms. The molecular weight excluding hydrogens is 347 g/mol. The van der Waals surface area contributed by atoms with Gasteiger partial charge in [-0.3, -0.25) is 9.59 Å². The van der Waals surface area contributed by atoms with E-state index in [1.807, 2.05) is 25.3 Å². The molecule has 2 N–H and O–H groups in total. The van der Waals surface area contributed by atoms with Crippen molar-refractivity contribution in [2.75, 3.05) is 0 Å². The van der Waals surface area contributed by atoms with Gasteiger partial charge in [-0.25, -0.2) is 9.37 Å². The molecule has 0 saturated carbocycles. The van der Waals surface area contributed by atoms with E-state index in [0.717, 1.165) is 18.5 Å². The Labute approximate surface area is 158 Å². The topological polar surface area (TPSA) is 76.0 Å². The van der Waals surface area contributed by atoms with E-state index in [9.17, 15) is 14.0 Å². The second-order valence-corrected chi connectivity index (χ2v) is 7.82. The third-order valence-electron chi connectivity index (χ3n) is 4.42. The van der Waals surface area contributed by atoms with E-state index < -0.39 is 11.4 Å². The Kier molecular flexibility index (Phi) is 5.30. The summed E-state index contributed by atoms with van der Waals surface area (Å²) >= 11 is 0. The van der Waals surface area contributed by atoms with E-state index in [0.29, 0.717) is 18.5 Å². The highest BCUT2D eigenvalue weighted by Gasteiger charge is 2.28. The number of amides is 2. The molecular formula is C20H25FN4O2. The molecule has 1 aromatic carbocycles. The van der Waals surface area contributed by atoms with E-state index in [-0.39, 0.29) is 29.8 Å². The molecule has 0 atom stereocenters. The van der Waals surface area contributed by atoms with Crippen LogP contribution < -0.4 is 10.6 Å². The lowest BCUT2D eigenvalue weighted by atomic mass is 10.1. The number of halogens is 1. The smallest absolute Gasteiger partial charge is 0.287 e. The van der Waals surface area contributed by atoms with E-state index in [2.05, 4.69) is 15.6 Å². The number of benzene rings is 1. The largest absolute Gasteiger partial charge is 0.346 e. The van der Waals surface area contributed by atoms with Crippen molar-refractivity contribution in [3.8, 4) is 0 Å². The molecule has 0 fully saturated rings. The van der Waals surface area contributed by atoms with Gasteiger partial charge >= 0.3 is 0 Å². The number of rotatable bonds is 4. The number of hydrogen-bond acceptors (Lipinski definition) is 3. The summed E-state index contributed by atoms with van der Waals surface area (Å²) in [5.74, 6) is -0.789. The summed E-state index contributed by atoms with van der Waals surface area (Å²) in [5.41, 5.74) is 1.03. The van der Waals surface area contributed by atoms with E-state index >= 15 is 0 Å². The molecule has 1 aromatic heterocycles. The fourth-order valence-electron chi connectivity index (χ4n) is 3.20. The van der Waals surface area contributed by atoms with Crippen LogP contribution in [0.5, 0.6) is 0 Å². The summed E-state index contributed by atoms with van der Waals surface area (Å²) in [7, 11) is 0. The summed E-state index contributed by atoms with van der Waals surface area (Å²) in [6.45, 7) is 6.42. The van der Waals surface area contributed by atoms with Gasteiger partial charge in [-0.05, 0) is 46.1 Å². The Morgan fingerprint density at radius 3 is 2.63 bits per heavy atom. The van der Waals surface area contributed by atoms with E-state index in [1.165, 1.54) is 6.07 Å². The average molecular weight is 372 g/mol. The first kappa shape index (κ1) is 19.1. The maximum atomic E-state index is 13.8. The van der Waals surface area contributed by atoms with Crippen molar-refractivity contribution < 1.29 is 14.0 Å². The number of aromatic nitrogens is 2. The van der Waals surface area contributed by atoms with Crippen LogP contribution in [0.3, 0.4) is 0 Å². The second-order valence-electron chi connectivity index (χ2n) is 7.82. The SMILES string of the molecule is CC(C)(C)NC(=O)c1nc(C(=O)NCc2ccccc2F)c2n1CCCC2. The molecule has 1 aliphatic rings. The number of carbonyl (C=O) groups is 2. The molecule has 2 amide bonds. The molecule has 1 aliphatic heterocycles. The normalized spacial score (nSPS) is 13.8. The number of nitrogens with zero attached hydrogens (tertiary/aromatic N) is 2. The predicted molar refractivity (Wildman–Crippen MR) is 100.0 cm³/mol. The maximum Gasteiger partial charge on any atom is 0.287 e. The number of carbonyl (C=O) groups excluding carboxylic acids is 2. The molecule has 7 heteroatoms. The van der Waals surface area contributed by atoms with Crippen LogP contribution in [0.2, 0.25) is 0 Å². The van der Waals surface area contributed by atoms with Crippen LogP contribution in [0.4, 0.5) is 4.39 Å². The van der Waals surface area contributed by atoms with Crippen molar-refractivity contribution in [3.63, 3.8) is 0 Å². The minimum atomic E-state index is -0.397. The summed E-state index contributed by atoms with van der Waals surface area (Å²) in [6, 6.07) is 6.31. The van der Waals surface area contributed by atoms with Crippen LogP contribution in [0.25, 0.3) is 0 Å². The van der Waals surface area contributed by atoms with Gasteiger partial charge in [0.2, 0.25) is 0 Å². The van der Waals surface area contributed by atoms with Crippen LogP contribution in [0.15, 0.2) is 24.3 Å². The zero-order valence-corrected chi connectivity index (χ0v) is 15.9. The average Bonchev–Trinajstić information content (AvgIpc) is 2.99. The van der Waals surface area contributed by atoms with Crippen molar-refractivity contribution in [2.24, 2.45) is 0 Å². The third kappa shape index (κ3) is 4.35. The van der Waals surface area contributed by atoms with Crippen molar-refractivity contribution >= 4 is 11.8 Å². The first-order valence-electron chi connectivity index (χ1n) is 9.20. The van der Waals surface area contributed by atoms with Gasteiger partial charge in [-0.15, -0.1) is 0 Å². The fourth-order valence-corrected chi connectivity index (χ4v) is 3.20. The zero-order valence-electron chi connectivity index (χ0n) is 15.9. The lowest BCUT2D eigenvalue weighted by Crippen LogP contribution is -2.42.